The maximum absolute atomic E-state index is 13.4. The molecule has 0 saturated heterocycles. The van der Waals surface area contributed by atoms with Crippen LogP contribution >= 0.6 is 11.8 Å². The van der Waals surface area contributed by atoms with Crippen molar-refractivity contribution in [2.24, 2.45) is 0 Å². The minimum Gasteiger partial charge on any atom is -0.496 e. The molecule has 4 rings (SSSR count). The molecule has 0 atom stereocenters. The van der Waals surface area contributed by atoms with E-state index in [1.807, 2.05) is 25.1 Å². The summed E-state index contributed by atoms with van der Waals surface area (Å²) in [5, 5.41) is 15.4. The number of aryl methyl sites for hydroxylation is 1. The van der Waals surface area contributed by atoms with Crippen molar-refractivity contribution >= 4 is 39.9 Å². The second kappa shape index (κ2) is 10.5. The van der Waals surface area contributed by atoms with Crippen LogP contribution in [0.1, 0.15) is 12.5 Å². The highest BCUT2D eigenvalue weighted by atomic mass is 32.2. The van der Waals surface area contributed by atoms with Crippen molar-refractivity contribution < 1.29 is 18.8 Å². The Balaban J connectivity index is 1.63. The van der Waals surface area contributed by atoms with Crippen LogP contribution < -0.4 is 10.1 Å². The fraction of sp³-hybridized carbons (Fsp3) is 0.160. The maximum Gasteiger partial charge on any atom is 0.296 e. The number of ether oxygens (including phenoxy) is 1. The van der Waals surface area contributed by atoms with E-state index >= 15 is 0 Å². The van der Waals surface area contributed by atoms with Crippen LogP contribution in [-0.4, -0.2) is 33.7 Å². The van der Waals surface area contributed by atoms with Gasteiger partial charge in [-0.15, -0.1) is 0 Å². The number of carbonyl (C=O) groups excluding carboxylic acids is 1. The van der Waals surface area contributed by atoms with Gasteiger partial charge >= 0.3 is 0 Å². The van der Waals surface area contributed by atoms with E-state index in [-0.39, 0.29) is 22.9 Å². The second-order valence-corrected chi connectivity index (χ2v) is 8.47. The molecular weight excluding hydrogens is 471 g/mol. The first-order valence-corrected chi connectivity index (χ1v) is 11.7. The average Bonchev–Trinajstić information content (AvgIpc) is 2.87. The van der Waals surface area contributed by atoms with Gasteiger partial charge in [0.05, 0.1) is 29.4 Å². The zero-order chi connectivity index (χ0) is 24.9. The molecule has 8 nitrogen and oxygen atoms in total. The largest absolute Gasteiger partial charge is 0.496 e. The number of thioether (sulfide) groups is 1. The summed E-state index contributed by atoms with van der Waals surface area (Å²) >= 11 is 1.20. The zero-order valence-corrected chi connectivity index (χ0v) is 19.8. The van der Waals surface area contributed by atoms with Crippen molar-refractivity contribution in [2.75, 3.05) is 18.2 Å². The Kier molecular flexibility index (Phi) is 7.21. The van der Waals surface area contributed by atoms with Gasteiger partial charge in [0.15, 0.2) is 5.82 Å². The lowest BCUT2D eigenvalue weighted by Crippen LogP contribution is -2.15. The zero-order valence-electron chi connectivity index (χ0n) is 18.9. The molecule has 35 heavy (non-hydrogen) atoms. The monoisotopic (exact) mass is 492 g/mol. The number of halogens is 1. The predicted octanol–water partition coefficient (Wildman–Crippen LogP) is 5.65. The summed E-state index contributed by atoms with van der Waals surface area (Å²) in [7, 11) is 1.41. The van der Waals surface area contributed by atoms with Gasteiger partial charge in [-0.05, 0) is 48.4 Å². The molecule has 0 unspecified atom stereocenters. The third kappa shape index (κ3) is 5.38. The molecule has 10 heteroatoms. The van der Waals surface area contributed by atoms with E-state index in [4.69, 9.17) is 9.72 Å². The molecule has 0 bridgehead atoms. The Morgan fingerprint density at radius 1 is 1.14 bits per heavy atom. The summed E-state index contributed by atoms with van der Waals surface area (Å²) in [4.78, 5) is 32.9. The molecule has 0 aliphatic rings. The van der Waals surface area contributed by atoms with Crippen LogP contribution in [0.2, 0.25) is 0 Å². The van der Waals surface area contributed by atoms with Crippen LogP contribution in [0.3, 0.4) is 0 Å². The Bertz CT molecular complexity index is 1410. The van der Waals surface area contributed by atoms with Crippen LogP contribution in [0.5, 0.6) is 5.75 Å². The number of rotatable bonds is 8. The summed E-state index contributed by atoms with van der Waals surface area (Å²) in [6, 6.07) is 15.9. The SMILES string of the molecule is CCc1cccc2c(SCC(=O)Nc3ccc(OC)cc3[N+](=O)[O-])nc(-c3ccc(F)cc3)nc12. The molecule has 3 aromatic carbocycles. The van der Waals surface area contributed by atoms with E-state index in [2.05, 4.69) is 10.3 Å². The highest BCUT2D eigenvalue weighted by Gasteiger charge is 2.19. The Morgan fingerprint density at radius 2 is 1.91 bits per heavy atom. The Labute approximate surface area is 204 Å². The highest BCUT2D eigenvalue weighted by Crippen LogP contribution is 2.32. The molecule has 1 amide bonds. The number of nitro groups is 1. The van der Waals surface area contributed by atoms with Gasteiger partial charge in [0.1, 0.15) is 22.3 Å². The predicted molar refractivity (Wildman–Crippen MR) is 133 cm³/mol. The Hall–Kier alpha value is -4.05. The lowest BCUT2D eigenvalue weighted by Gasteiger charge is -2.11. The number of aromatic nitrogens is 2. The first-order valence-electron chi connectivity index (χ1n) is 10.7. The van der Waals surface area contributed by atoms with Crippen LogP contribution in [0.25, 0.3) is 22.3 Å². The van der Waals surface area contributed by atoms with E-state index in [9.17, 15) is 19.3 Å². The van der Waals surface area contributed by atoms with Crippen LogP contribution in [0, 0.1) is 15.9 Å². The summed E-state index contributed by atoms with van der Waals surface area (Å²) in [5.41, 5.74) is 2.25. The first kappa shape index (κ1) is 24.1. The van der Waals surface area contributed by atoms with Gasteiger partial charge in [-0.1, -0.05) is 36.9 Å². The highest BCUT2D eigenvalue weighted by molar-refractivity contribution is 8.00. The normalized spacial score (nSPS) is 10.8. The van der Waals surface area contributed by atoms with Crippen molar-refractivity contribution in [3.05, 3.63) is 82.2 Å². The molecule has 0 spiro atoms. The van der Waals surface area contributed by atoms with E-state index in [1.54, 1.807) is 12.1 Å². The molecule has 0 saturated carbocycles. The van der Waals surface area contributed by atoms with Crippen LogP contribution in [0.4, 0.5) is 15.8 Å². The third-order valence-corrected chi connectivity index (χ3v) is 6.27. The number of para-hydroxylation sites is 1. The fourth-order valence-corrected chi connectivity index (χ4v) is 4.33. The molecule has 0 aliphatic heterocycles. The average molecular weight is 493 g/mol. The van der Waals surface area contributed by atoms with Gasteiger partial charge < -0.3 is 10.1 Å². The number of anilines is 1. The topological polar surface area (TPSA) is 107 Å². The lowest BCUT2D eigenvalue weighted by atomic mass is 10.1. The molecule has 4 aromatic rings. The summed E-state index contributed by atoms with van der Waals surface area (Å²) in [6.45, 7) is 2.02. The minimum atomic E-state index is -0.579. The van der Waals surface area contributed by atoms with Gasteiger partial charge in [-0.3, -0.25) is 14.9 Å². The van der Waals surface area contributed by atoms with Crippen molar-refractivity contribution in [2.45, 2.75) is 18.4 Å². The quantitative estimate of drug-likeness (QED) is 0.147. The number of hydrogen-bond donors (Lipinski definition) is 1. The summed E-state index contributed by atoms with van der Waals surface area (Å²) < 4.78 is 18.5. The maximum atomic E-state index is 13.4. The van der Waals surface area contributed by atoms with E-state index in [1.165, 1.54) is 49.2 Å². The molecule has 1 aromatic heterocycles. The molecule has 178 valence electrons. The molecule has 0 radical (unpaired) electrons. The summed E-state index contributed by atoms with van der Waals surface area (Å²) in [6.07, 6.45) is 0.753. The number of amides is 1. The fourth-order valence-electron chi connectivity index (χ4n) is 3.52. The first-order chi connectivity index (χ1) is 16.9. The van der Waals surface area contributed by atoms with Gasteiger partial charge in [0.25, 0.3) is 5.69 Å². The second-order valence-electron chi connectivity index (χ2n) is 7.50. The van der Waals surface area contributed by atoms with Crippen LogP contribution in [-0.2, 0) is 11.2 Å². The molecule has 0 aliphatic carbocycles. The van der Waals surface area contributed by atoms with Crippen molar-refractivity contribution in [1.82, 2.24) is 9.97 Å². The minimum absolute atomic E-state index is 0.0332. The van der Waals surface area contributed by atoms with E-state index < -0.39 is 10.8 Å². The smallest absolute Gasteiger partial charge is 0.296 e. The number of fused-ring (bicyclic) bond motifs is 1. The van der Waals surface area contributed by atoms with Crippen molar-refractivity contribution in [3.8, 4) is 17.1 Å². The molecule has 1 heterocycles. The number of methoxy groups -OCH3 is 1. The van der Waals surface area contributed by atoms with Crippen LogP contribution in [0.15, 0.2) is 65.7 Å². The van der Waals surface area contributed by atoms with Crippen molar-refractivity contribution in [1.29, 1.82) is 0 Å². The van der Waals surface area contributed by atoms with E-state index in [0.717, 1.165) is 22.9 Å². The number of benzene rings is 3. The summed E-state index contributed by atoms with van der Waals surface area (Å²) in [5.74, 6) is -0.0783. The Morgan fingerprint density at radius 3 is 2.60 bits per heavy atom. The van der Waals surface area contributed by atoms with Gasteiger partial charge in [0.2, 0.25) is 5.91 Å². The number of nitrogens with one attached hydrogen (secondary N) is 1. The number of hydrogen-bond acceptors (Lipinski definition) is 7. The van der Waals surface area contributed by atoms with Gasteiger partial charge in [-0.25, -0.2) is 14.4 Å². The number of carbonyl (C=O) groups is 1. The molecule has 1 N–H and O–H groups in total. The van der Waals surface area contributed by atoms with Crippen molar-refractivity contribution in [3.63, 3.8) is 0 Å². The number of nitro benzene ring substituents is 1. The molecular formula is C25H21FN4O4S. The molecule has 0 fully saturated rings. The van der Waals surface area contributed by atoms with E-state index in [0.29, 0.717) is 22.2 Å². The standard InChI is InChI=1S/C25H21FN4O4S/c1-3-15-5-4-6-19-23(15)28-24(16-7-9-17(26)10-8-16)29-25(19)35-14-22(31)27-20-12-11-18(34-2)13-21(20)30(32)33/h4-13H,3,14H2,1-2H3,(H,27,31). The number of nitrogens with zero attached hydrogens (tertiary/aromatic N) is 3. The van der Waals surface area contributed by atoms with Gasteiger partial charge in [0, 0.05) is 10.9 Å². The van der Waals surface area contributed by atoms with Gasteiger partial charge in [-0.2, -0.15) is 0 Å². The third-order valence-electron chi connectivity index (χ3n) is 5.27. The lowest BCUT2D eigenvalue weighted by molar-refractivity contribution is -0.384.